The summed E-state index contributed by atoms with van der Waals surface area (Å²) in [6.07, 6.45) is 5.64. The van der Waals surface area contributed by atoms with Gasteiger partial charge in [0.1, 0.15) is 29.5 Å². The average molecular weight is 463 g/mol. The topological polar surface area (TPSA) is 126 Å². The van der Waals surface area contributed by atoms with Crippen LogP contribution in [-0.4, -0.2) is 34.7 Å². The molecule has 0 radical (unpaired) electrons. The molecule has 1 fully saturated rings. The lowest BCUT2D eigenvalue weighted by atomic mass is 10.0. The lowest BCUT2D eigenvalue weighted by molar-refractivity contribution is 0.0948. The van der Waals surface area contributed by atoms with Gasteiger partial charge in [0.2, 0.25) is 0 Å². The lowest BCUT2D eigenvalue weighted by Gasteiger charge is -2.18. The summed E-state index contributed by atoms with van der Waals surface area (Å²) in [5, 5.41) is 14.7. The highest BCUT2D eigenvalue weighted by atomic mass is 19.1. The number of rotatable bonds is 8. The molecule has 0 spiro atoms. The van der Waals surface area contributed by atoms with Gasteiger partial charge in [-0.3, -0.25) is 10.2 Å². The number of benzene rings is 2. The minimum Gasteiger partial charge on any atom is -0.496 e. The first kappa shape index (κ1) is 23.2. The Labute approximate surface area is 197 Å². The van der Waals surface area contributed by atoms with Crippen LogP contribution in [0.4, 0.5) is 16.0 Å². The van der Waals surface area contributed by atoms with Gasteiger partial charge in [-0.05, 0) is 42.7 Å². The Morgan fingerprint density at radius 3 is 2.68 bits per heavy atom. The molecule has 34 heavy (non-hydrogen) atoms. The van der Waals surface area contributed by atoms with Crippen LogP contribution in [0.15, 0.2) is 48.8 Å². The molecule has 176 valence electrons. The van der Waals surface area contributed by atoms with Crippen molar-refractivity contribution >= 4 is 23.3 Å². The molecular formula is C25H27FN6O2. The molecule has 8 nitrogen and oxygen atoms in total. The van der Waals surface area contributed by atoms with Crippen molar-refractivity contribution in [3.63, 3.8) is 0 Å². The fraction of sp³-hybridized carbons (Fsp3) is 0.280. The maximum Gasteiger partial charge on any atom is 0.255 e. The van der Waals surface area contributed by atoms with Crippen LogP contribution in [-0.2, 0) is 6.54 Å². The summed E-state index contributed by atoms with van der Waals surface area (Å²) in [5.41, 5.74) is 7.28. The van der Waals surface area contributed by atoms with Crippen LogP contribution in [0.5, 0.6) is 5.75 Å². The van der Waals surface area contributed by atoms with Crippen molar-refractivity contribution in [3.05, 3.63) is 76.9 Å². The van der Waals surface area contributed by atoms with Gasteiger partial charge >= 0.3 is 0 Å². The highest BCUT2D eigenvalue weighted by Gasteiger charge is 2.22. The standard InChI is InChI=1S/C25H27FN6O2/c1-34-20-9-5-4-8-18(20)25(33)29-13-15-10-11-17(19(26)12-15)22(27)21-23(28)30-14-31-24(21)32-16-6-2-3-7-16/h4-5,8-12,14,16,27H,2-3,6-7,13H2,1H3,(H,29,33)(H3,28,30,31,32). The average Bonchev–Trinajstić information content (AvgIpc) is 3.35. The number of nitrogens with two attached hydrogens (primary N) is 1. The molecule has 3 aromatic rings. The van der Waals surface area contributed by atoms with Crippen molar-refractivity contribution < 1.29 is 13.9 Å². The van der Waals surface area contributed by atoms with E-state index in [0.29, 0.717) is 22.7 Å². The van der Waals surface area contributed by atoms with E-state index in [1.54, 1.807) is 30.3 Å². The SMILES string of the molecule is COc1ccccc1C(=O)NCc1ccc(C(=N)c2c(N)ncnc2NC2CCCC2)c(F)c1. The molecular weight excluding hydrogens is 435 g/mol. The third kappa shape index (κ3) is 4.98. The van der Waals surface area contributed by atoms with Crippen LogP contribution < -0.4 is 21.1 Å². The molecule has 9 heteroatoms. The number of methoxy groups -OCH3 is 1. The van der Waals surface area contributed by atoms with E-state index < -0.39 is 5.82 Å². The molecule has 0 bridgehead atoms. The summed E-state index contributed by atoms with van der Waals surface area (Å²) >= 11 is 0. The van der Waals surface area contributed by atoms with Crippen molar-refractivity contribution in [2.45, 2.75) is 38.3 Å². The first-order valence-electron chi connectivity index (χ1n) is 11.1. The van der Waals surface area contributed by atoms with E-state index in [4.69, 9.17) is 15.9 Å². The summed E-state index contributed by atoms with van der Waals surface area (Å²) in [4.78, 5) is 20.8. The zero-order valence-electron chi connectivity index (χ0n) is 18.9. The Bertz CT molecular complexity index is 1210. The Balaban J connectivity index is 1.50. The van der Waals surface area contributed by atoms with E-state index in [9.17, 15) is 4.79 Å². The highest BCUT2D eigenvalue weighted by Crippen LogP contribution is 2.27. The number of nitrogens with one attached hydrogen (secondary N) is 3. The van der Waals surface area contributed by atoms with Gasteiger partial charge in [-0.25, -0.2) is 14.4 Å². The molecule has 1 amide bonds. The van der Waals surface area contributed by atoms with Crippen molar-refractivity contribution in [1.82, 2.24) is 15.3 Å². The molecule has 4 rings (SSSR count). The Morgan fingerprint density at radius 1 is 1.18 bits per heavy atom. The minimum absolute atomic E-state index is 0.0794. The zero-order valence-corrected chi connectivity index (χ0v) is 18.9. The second-order valence-electron chi connectivity index (χ2n) is 8.18. The number of nitrogens with zero attached hydrogens (tertiary/aromatic N) is 2. The fourth-order valence-electron chi connectivity index (χ4n) is 4.13. The Morgan fingerprint density at radius 2 is 1.94 bits per heavy atom. The molecule has 1 aromatic heterocycles. The minimum atomic E-state index is -0.593. The van der Waals surface area contributed by atoms with Gasteiger partial charge in [0.25, 0.3) is 5.91 Å². The fourth-order valence-corrected chi connectivity index (χ4v) is 4.13. The molecule has 0 atom stereocenters. The number of nitrogen functional groups attached to an aromatic ring is 1. The molecule has 0 saturated heterocycles. The summed E-state index contributed by atoms with van der Waals surface area (Å²) < 4.78 is 20.3. The molecule has 1 heterocycles. The van der Waals surface area contributed by atoms with Crippen LogP contribution in [0, 0.1) is 11.2 Å². The van der Waals surface area contributed by atoms with Crippen LogP contribution in [0.2, 0.25) is 0 Å². The predicted octanol–water partition coefficient (Wildman–Crippen LogP) is 3.91. The number of carbonyl (C=O) groups is 1. The number of aromatic nitrogens is 2. The molecule has 1 saturated carbocycles. The van der Waals surface area contributed by atoms with Gasteiger partial charge < -0.3 is 21.1 Å². The number of ether oxygens (including phenoxy) is 1. The monoisotopic (exact) mass is 462 g/mol. The second-order valence-corrected chi connectivity index (χ2v) is 8.18. The van der Waals surface area contributed by atoms with E-state index in [2.05, 4.69) is 20.6 Å². The third-order valence-corrected chi connectivity index (χ3v) is 5.93. The quantitative estimate of drug-likeness (QED) is 0.376. The predicted molar refractivity (Wildman–Crippen MR) is 129 cm³/mol. The first-order valence-corrected chi connectivity index (χ1v) is 11.1. The second kappa shape index (κ2) is 10.3. The van der Waals surface area contributed by atoms with E-state index in [1.165, 1.54) is 25.6 Å². The number of halogens is 1. The van der Waals surface area contributed by atoms with Gasteiger partial charge in [0, 0.05) is 18.2 Å². The van der Waals surface area contributed by atoms with E-state index >= 15 is 4.39 Å². The zero-order chi connectivity index (χ0) is 24.1. The van der Waals surface area contributed by atoms with Crippen LogP contribution >= 0.6 is 0 Å². The number of anilines is 2. The van der Waals surface area contributed by atoms with E-state index in [-0.39, 0.29) is 41.2 Å². The van der Waals surface area contributed by atoms with Gasteiger partial charge in [0.05, 0.1) is 23.9 Å². The van der Waals surface area contributed by atoms with Crippen molar-refractivity contribution in [1.29, 1.82) is 5.41 Å². The third-order valence-electron chi connectivity index (χ3n) is 5.93. The smallest absolute Gasteiger partial charge is 0.255 e. The van der Waals surface area contributed by atoms with Crippen LogP contribution in [0.1, 0.15) is 52.7 Å². The molecule has 1 aliphatic carbocycles. The maximum absolute atomic E-state index is 15.0. The number of hydrogen-bond donors (Lipinski definition) is 4. The first-order chi connectivity index (χ1) is 16.5. The molecule has 2 aromatic carbocycles. The van der Waals surface area contributed by atoms with E-state index in [0.717, 1.165) is 25.7 Å². The van der Waals surface area contributed by atoms with Crippen LogP contribution in [0.25, 0.3) is 0 Å². The molecule has 5 N–H and O–H groups in total. The van der Waals surface area contributed by atoms with Crippen molar-refractivity contribution in [2.24, 2.45) is 0 Å². The number of para-hydroxylation sites is 1. The lowest BCUT2D eigenvalue weighted by Crippen LogP contribution is -2.23. The van der Waals surface area contributed by atoms with Crippen molar-refractivity contribution in [2.75, 3.05) is 18.2 Å². The van der Waals surface area contributed by atoms with Gasteiger partial charge in [0.15, 0.2) is 0 Å². The molecule has 1 aliphatic rings. The molecule has 0 aliphatic heterocycles. The Hall–Kier alpha value is -4.01. The summed E-state index contributed by atoms with van der Waals surface area (Å²) in [6, 6.07) is 11.6. The van der Waals surface area contributed by atoms with Gasteiger partial charge in [-0.2, -0.15) is 0 Å². The van der Waals surface area contributed by atoms with Crippen molar-refractivity contribution in [3.8, 4) is 5.75 Å². The van der Waals surface area contributed by atoms with E-state index in [1.807, 2.05) is 0 Å². The van der Waals surface area contributed by atoms with Gasteiger partial charge in [-0.15, -0.1) is 0 Å². The molecule has 0 unspecified atom stereocenters. The summed E-state index contributed by atoms with van der Waals surface area (Å²) in [7, 11) is 1.49. The summed E-state index contributed by atoms with van der Waals surface area (Å²) in [5.74, 6) is 0.0975. The van der Waals surface area contributed by atoms with Crippen LogP contribution in [0.3, 0.4) is 0 Å². The summed E-state index contributed by atoms with van der Waals surface area (Å²) in [6.45, 7) is 0.118. The van der Waals surface area contributed by atoms with Gasteiger partial charge in [-0.1, -0.05) is 31.0 Å². The number of carbonyl (C=O) groups excluding carboxylic acids is 1. The largest absolute Gasteiger partial charge is 0.496 e. The normalized spacial score (nSPS) is 13.5. The number of hydrogen-bond acceptors (Lipinski definition) is 7. The maximum atomic E-state index is 15.0. The Kier molecular flexibility index (Phi) is 7.01. The highest BCUT2D eigenvalue weighted by molar-refractivity contribution is 6.16. The number of amides is 1.